The van der Waals surface area contributed by atoms with E-state index in [0.29, 0.717) is 12.5 Å². The third-order valence-electron chi connectivity index (χ3n) is 3.57. The maximum Gasteiger partial charge on any atom is 0.410 e. The van der Waals surface area contributed by atoms with Crippen LogP contribution < -0.4 is 0 Å². The van der Waals surface area contributed by atoms with Crippen molar-refractivity contribution in [3.8, 4) is 0 Å². The highest BCUT2D eigenvalue weighted by molar-refractivity contribution is 8.59. The number of nitrogens with zero attached hydrogens (tertiary/aromatic N) is 1. The Labute approximate surface area is 144 Å². The summed E-state index contributed by atoms with van der Waals surface area (Å²) in [4.78, 5) is 23.6. The Morgan fingerprint density at radius 1 is 1.45 bits per heavy atom. The molecule has 0 heterocycles. The Morgan fingerprint density at radius 2 is 2.09 bits per heavy atom. The fraction of sp³-hybridized carbons (Fsp3) is 0.929. The lowest BCUT2D eigenvalue weighted by Gasteiger charge is -2.37. The number of hydrogen-bond acceptors (Lipinski definition) is 4. The molecule has 0 aliphatic heterocycles. The van der Waals surface area contributed by atoms with Gasteiger partial charge in [-0.05, 0) is 51.3 Å². The normalized spacial score (nSPS) is 25.4. The molecule has 0 aromatic carbocycles. The lowest BCUT2D eigenvalue weighted by Crippen LogP contribution is -2.46. The zero-order chi connectivity index (χ0) is 17.0. The van der Waals surface area contributed by atoms with Gasteiger partial charge in [0.05, 0.1) is 6.61 Å². The molecule has 0 aromatic heterocycles. The Morgan fingerprint density at radius 3 is 2.59 bits per heavy atom. The van der Waals surface area contributed by atoms with Crippen LogP contribution in [0, 0.1) is 5.92 Å². The molecule has 3 unspecified atom stereocenters. The van der Waals surface area contributed by atoms with Crippen LogP contribution >= 0.6 is 17.9 Å². The number of ether oxygens (including phenoxy) is 1. The van der Waals surface area contributed by atoms with Crippen LogP contribution in [0.3, 0.4) is 0 Å². The summed E-state index contributed by atoms with van der Waals surface area (Å²) in [6.45, 7) is 8.28. The molecule has 1 aliphatic carbocycles. The lowest BCUT2D eigenvalue weighted by molar-refractivity contribution is 0.00692. The molecule has 8 heteroatoms. The standard InChI is InChI=1S/C14H28NO4PS2/c1-11-6-5-7-12(10-11)15(8-9-18-20(17,21)22)13(16)19-14(2,3)4/h11-12H,5-10H2,1-4H3,(H2,17,21,22). The molecule has 0 bridgehead atoms. The first-order valence-electron chi connectivity index (χ1n) is 7.67. The SMILES string of the molecule is CC1CCCC(N(CCOP(O)(=S)S)C(=O)OC(C)(C)C)C1. The number of carbonyl (C=O) groups is 1. The predicted octanol–water partition coefficient (Wildman–Crippen LogP) is 3.97. The van der Waals surface area contributed by atoms with E-state index in [-0.39, 0.29) is 18.7 Å². The summed E-state index contributed by atoms with van der Waals surface area (Å²) in [5.41, 5.74) is -3.53. The van der Waals surface area contributed by atoms with Crippen molar-refractivity contribution in [3.63, 3.8) is 0 Å². The molecule has 0 radical (unpaired) electrons. The minimum atomic E-state index is -3.00. The number of hydrogen-bond donors (Lipinski definition) is 2. The van der Waals surface area contributed by atoms with E-state index >= 15 is 0 Å². The Balaban J connectivity index is 2.71. The number of thiol groups is 1. The minimum absolute atomic E-state index is 0.152. The molecule has 5 nitrogen and oxygen atoms in total. The van der Waals surface area contributed by atoms with Crippen LogP contribution in [0.1, 0.15) is 53.4 Å². The van der Waals surface area contributed by atoms with Gasteiger partial charge in [0, 0.05) is 12.6 Å². The Kier molecular flexibility index (Phi) is 7.67. The molecule has 22 heavy (non-hydrogen) atoms. The highest BCUT2D eigenvalue weighted by Crippen LogP contribution is 2.47. The van der Waals surface area contributed by atoms with Crippen molar-refractivity contribution in [1.29, 1.82) is 0 Å². The predicted molar refractivity (Wildman–Crippen MR) is 95.8 cm³/mol. The smallest absolute Gasteiger partial charge is 0.410 e. The van der Waals surface area contributed by atoms with Crippen LogP contribution in [0.4, 0.5) is 4.79 Å². The first-order valence-corrected chi connectivity index (χ1v) is 11.5. The fourth-order valence-corrected chi connectivity index (χ4v) is 3.47. The van der Waals surface area contributed by atoms with Crippen molar-refractivity contribution in [2.45, 2.75) is 65.0 Å². The molecule has 0 spiro atoms. The average molecular weight is 369 g/mol. The minimum Gasteiger partial charge on any atom is -0.444 e. The summed E-state index contributed by atoms with van der Waals surface area (Å²) < 4.78 is 10.7. The molecule has 1 fully saturated rings. The van der Waals surface area contributed by atoms with Gasteiger partial charge in [0.25, 0.3) is 0 Å². The van der Waals surface area contributed by atoms with Gasteiger partial charge in [-0.25, -0.2) is 4.79 Å². The van der Waals surface area contributed by atoms with Crippen molar-refractivity contribution in [1.82, 2.24) is 4.90 Å². The van der Waals surface area contributed by atoms with Crippen molar-refractivity contribution in [3.05, 3.63) is 0 Å². The highest BCUT2D eigenvalue weighted by atomic mass is 32.9. The van der Waals surface area contributed by atoms with Crippen LogP contribution in [0.15, 0.2) is 0 Å². The second-order valence-electron chi connectivity index (χ2n) is 6.92. The van der Waals surface area contributed by atoms with E-state index < -0.39 is 11.3 Å². The van der Waals surface area contributed by atoms with Crippen molar-refractivity contribution in [2.24, 2.45) is 5.92 Å². The summed E-state index contributed by atoms with van der Waals surface area (Å²) in [7, 11) is 0. The zero-order valence-electron chi connectivity index (χ0n) is 13.8. The monoisotopic (exact) mass is 369 g/mol. The number of rotatable bonds is 5. The van der Waals surface area contributed by atoms with Crippen LogP contribution in [-0.4, -0.2) is 40.7 Å². The largest absolute Gasteiger partial charge is 0.444 e. The van der Waals surface area contributed by atoms with E-state index in [1.165, 1.54) is 6.42 Å². The molecule has 0 saturated heterocycles. The van der Waals surface area contributed by atoms with Crippen molar-refractivity contribution < 1.29 is 18.9 Å². The van der Waals surface area contributed by atoms with Crippen LogP contribution in [-0.2, 0) is 21.1 Å². The van der Waals surface area contributed by atoms with E-state index in [1.54, 1.807) is 4.90 Å². The molecule has 1 rings (SSSR count). The topological polar surface area (TPSA) is 59.0 Å². The summed E-state index contributed by atoms with van der Waals surface area (Å²) >= 11 is 8.58. The first-order chi connectivity index (χ1) is 9.98. The quantitative estimate of drug-likeness (QED) is 0.567. The van der Waals surface area contributed by atoms with E-state index in [4.69, 9.17) is 21.1 Å². The van der Waals surface area contributed by atoms with E-state index in [9.17, 15) is 9.69 Å². The zero-order valence-corrected chi connectivity index (χ0v) is 16.4. The van der Waals surface area contributed by atoms with E-state index in [1.807, 2.05) is 20.8 Å². The van der Waals surface area contributed by atoms with Gasteiger partial charge < -0.3 is 19.1 Å². The summed E-state index contributed by atoms with van der Waals surface area (Å²) in [5, 5.41) is 0. The van der Waals surface area contributed by atoms with Crippen LogP contribution in [0.25, 0.3) is 0 Å². The molecular formula is C14H28NO4PS2. The van der Waals surface area contributed by atoms with Gasteiger partial charge in [0.1, 0.15) is 5.60 Å². The highest BCUT2D eigenvalue weighted by Gasteiger charge is 2.31. The lowest BCUT2D eigenvalue weighted by atomic mass is 9.86. The van der Waals surface area contributed by atoms with E-state index in [0.717, 1.165) is 19.3 Å². The molecule has 0 aromatic rings. The maximum absolute atomic E-state index is 12.5. The van der Waals surface area contributed by atoms with E-state index in [2.05, 4.69) is 19.2 Å². The summed E-state index contributed by atoms with van der Waals surface area (Å²) in [5.74, 6) is 0.595. The van der Waals surface area contributed by atoms with Crippen molar-refractivity contribution in [2.75, 3.05) is 13.2 Å². The van der Waals surface area contributed by atoms with Gasteiger partial charge in [-0.15, -0.1) is 0 Å². The van der Waals surface area contributed by atoms with Crippen LogP contribution in [0.5, 0.6) is 0 Å². The Bertz CT molecular complexity index is 422. The second kappa shape index (κ2) is 8.34. The average Bonchev–Trinajstić information content (AvgIpc) is 2.31. The molecule has 3 atom stereocenters. The first kappa shape index (κ1) is 20.2. The maximum atomic E-state index is 12.5. The van der Waals surface area contributed by atoms with Gasteiger partial charge in [-0.3, -0.25) is 0 Å². The van der Waals surface area contributed by atoms with Crippen molar-refractivity contribution >= 4 is 35.8 Å². The molecule has 1 N–H and O–H groups in total. The van der Waals surface area contributed by atoms with Gasteiger partial charge in [0.2, 0.25) is 5.69 Å². The van der Waals surface area contributed by atoms with Gasteiger partial charge in [-0.2, -0.15) is 0 Å². The molecule has 1 amide bonds. The second-order valence-corrected chi connectivity index (χ2v) is 12.1. The van der Waals surface area contributed by atoms with Gasteiger partial charge in [-0.1, -0.05) is 32.0 Å². The number of carbonyl (C=O) groups excluding carboxylic acids is 1. The molecule has 130 valence electrons. The van der Waals surface area contributed by atoms with Crippen LogP contribution in [0.2, 0.25) is 0 Å². The molecular weight excluding hydrogens is 341 g/mol. The Hall–Kier alpha value is 0.190. The third-order valence-corrected chi connectivity index (χ3v) is 4.75. The fourth-order valence-electron chi connectivity index (χ4n) is 2.69. The van der Waals surface area contributed by atoms with Gasteiger partial charge >= 0.3 is 6.09 Å². The third kappa shape index (κ3) is 8.16. The molecule has 1 aliphatic rings. The summed E-state index contributed by atoms with van der Waals surface area (Å²) in [6.07, 6.45) is 3.91. The molecule has 1 saturated carbocycles. The summed E-state index contributed by atoms with van der Waals surface area (Å²) in [6, 6.07) is 0.152. The van der Waals surface area contributed by atoms with Gasteiger partial charge in [0.15, 0.2) is 0 Å². The number of amides is 1.